The maximum absolute atomic E-state index is 11.7. The average Bonchev–Trinajstić information content (AvgIpc) is 2.31. The Hall–Kier alpha value is -1.35. The number of aliphatic carboxylic acids is 1. The number of hydrogen-bond acceptors (Lipinski definition) is 2. The third-order valence-corrected chi connectivity index (χ3v) is 3.81. The topological polar surface area (TPSA) is 40.5 Å². The molecular formula is C15H23NO2. The van der Waals surface area contributed by atoms with Gasteiger partial charge in [0.1, 0.15) is 5.54 Å². The molecule has 1 aromatic rings. The summed E-state index contributed by atoms with van der Waals surface area (Å²) >= 11 is 0. The van der Waals surface area contributed by atoms with E-state index in [1.165, 1.54) is 5.56 Å². The highest BCUT2D eigenvalue weighted by Gasteiger charge is 2.39. The fraction of sp³-hybridized carbons (Fsp3) is 0.533. The molecule has 1 aromatic carbocycles. The highest BCUT2D eigenvalue weighted by Crippen LogP contribution is 2.29. The molecule has 0 heterocycles. The van der Waals surface area contributed by atoms with Crippen molar-refractivity contribution in [1.82, 2.24) is 4.90 Å². The van der Waals surface area contributed by atoms with E-state index in [1.807, 2.05) is 44.0 Å². The van der Waals surface area contributed by atoms with E-state index in [2.05, 4.69) is 6.92 Å². The number of rotatable bonds is 5. The molecule has 3 nitrogen and oxygen atoms in total. The molecule has 0 aliphatic rings. The third-order valence-electron chi connectivity index (χ3n) is 3.81. The minimum Gasteiger partial charge on any atom is -0.480 e. The smallest absolute Gasteiger partial charge is 0.328 e. The molecule has 0 bridgehead atoms. The number of carboxylic acids is 1. The highest BCUT2D eigenvalue weighted by atomic mass is 16.4. The van der Waals surface area contributed by atoms with Crippen molar-refractivity contribution < 1.29 is 9.90 Å². The Morgan fingerprint density at radius 1 is 1.33 bits per heavy atom. The van der Waals surface area contributed by atoms with Crippen molar-refractivity contribution in [3.05, 3.63) is 34.9 Å². The van der Waals surface area contributed by atoms with Gasteiger partial charge in [0.2, 0.25) is 0 Å². The Morgan fingerprint density at radius 3 is 2.39 bits per heavy atom. The first-order valence-electron chi connectivity index (χ1n) is 6.36. The molecule has 3 heteroatoms. The molecule has 0 spiro atoms. The van der Waals surface area contributed by atoms with E-state index in [0.717, 1.165) is 24.1 Å². The Kier molecular flexibility index (Phi) is 4.52. The Morgan fingerprint density at radius 2 is 1.94 bits per heavy atom. The third kappa shape index (κ3) is 2.56. The zero-order valence-electron chi connectivity index (χ0n) is 11.9. The molecule has 1 atom stereocenters. The van der Waals surface area contributed by atoms with Crippen molar-refractivity contribution in [3.63, 3.8) is 0 Å². The lowest BCUT2D eigenvalue weighted by atomic mass is 9.88. The van der Waals surface area contributed by atoms with Crippen LogP contribution in [0, 0.1) is 13.8 Å². The maximum atomic E-state index is 11.7. The maximum Gasteiger partial charge on any atom is 0.328 e. The number of aryl methyl sites for hydroxylation is 2. The first kappa shape index (κ1) is 14.7. The lowest BCUT2D eigenvalue weighted by Gasteiger charge is -2.35. The summed E-state index contributed by atoms with van der Waals surface area (Å²) in [5, 5.41) is 9.60. The van der Waals surface area contributed by atoms with Crippen LogP contribution >= 0.6 is 0 Å². The van der Waals surface area contributed by atoms with E-state index in [1.54, 1.807) is 6.92 Å². The van der Waals surface area contributed by atoms with Gasteiger partial charge in [0.05, 0.1) is 0 Å². The van der Waals surface area contributed by atoms with Crippen LogP contribution < -0.4 is 0 Å². The molecule has 0 radical (unpaired) electrons. The molecule has 0 saturated heterocycles. The summed E-state index contributed by atoms with van der Waals surface area (Å²) in [7, 11) is 1.87. The molecule has 18 heavy (non-hydrogen) atoms. The van der Waals surface area contributed by atoms with Crippen molar-refractivity contribution in [1.29, 1.82) is 0 Å². The van der Waals surface area contributed by atoms with Crippen molar-refractivity contribution in [2.45, 2.75) is 39.7 Å². The van der Waals surface area contributed by atoms with Crippen molar-refractivity contribution in [3.8, 4) is 0 Å². The van der Waals surface area contributed by atoms with Gasteiger partial charge in [0.25, 0.3) is 0 Å². The second kappa shape index (κ2) is 5.53. The summed E-state index contributed by atoms with van der Waals surface area (Å²) in [5.41, 5.74) is 2.19. The number of carboxylic acid groups (broad SMARTS) is 1. The molecule has 0 amide bonds. The van der Waals surface area contributed by atoms with Gasteiger partial charge in [-0.05, 0) is 57.5 Å². The molecule has 0 fully saturated rings. The van der Waals surface area contributed by atoms with Crippen LogP contribution in [-0.2, 0) is 10.3 Å². The number of likely N-dealkylation sites (N-methyl/N-ethyl adjacent to an activating group) is 1. The molecular weight excluding hydrogens is 226 g/mol. The summed E-state index contributed by atoms with van der Waals surface area (Å²) in [4.78, 5) is 13.6. The van der Waals surface area contributed by atoms with Gasteiger partial charge < -0.3 is 5.11 Å². The molecule has 100 valence electrons. The molecule has 0 aliphatic carbocycles. The second-order valence-electron chi connectivity index (χ2n) is 5.10. The fourth-order valence-corrected chi connectivity index (χ4v) is 2.11. The van der Waals surface area contributed by atoms with Crippen molar-refractivity contribution in [2.75, 3.05) is 13.6 Å². The van der Waals surface area contributed by atoms with Gasteiger partial charge >= 0.3 is 5.97 Å². The van der Waals surface area contributed by atoms with Crippen LogP contribution in [0.4, 0.5) is 0 Å². The highest BCUT2D eigenvalue weighted by molar-refractivity contribution is 5.80. The van der Waals surface area contributed by atoms with Crippen molar-refractivity contribution >= 4 is 5.97 Å². The fourth-order valence-electron chi connectivity index (χ4n) is 2.11. The largest absolute Gasteiger partial charge is 0.480 e. The SMILES string of the molecule is CCCN(C)C(C)(C(=O)O)c1ccc(C)c(C)c1. The molecule has 0 aliphatic heterocycles. The normalized spacial score (nSPS) is 14.6. The number of carbonyl (C=O) groups is 1. The van der Waals surface area contributed by atoms with Crippen LogP contribution in [0.3, 0.4) is 0 Å². The lowest BCUT2D eigenvalue weighted by molar-refractivity contribution is -0.150. The number of nitrogens with zero attached hydrogens (tertiary/aromatic N) is 1. The van der Waals surface area contributed by atoms with E-state index in [9.17, 15) is 9.90 Å². The quantitative estimate of drug-likeness (QED) is 0.872. The standard InChI is InChI=1S/C15H23NO2/c1-6-9-16(5)15(4,14(17)18)13-8-7-11(2)12(3)10-13/h7-8,10H,6,9H2,1-5H3,(H,17,18). The van der Waals surface area contributed by atoms with Gasteiger partial charge in [0.15, 0.2) is 0 Å². The lowest BCUT2D eigenvalue weighted by Crippen LogP contribution is -2.48. The van der Waals surface area contributed by atoms with Gasteiger partial charge in [0, 0.05) is 0 Å². The van der Waals surface area contributed by atoms with Crippen molar-refractivity contribution in [2.24, 2.45) is 0 Å². The van der Waals surface area contributed by atoms with E-state index in [0.29, 0.717) is 0 Å². The molecule has 0 saturated carbocycles. The summed E-state index contributed by atoms with van der Waals surface area (Å²) < 4.78 is 0. The Labute approximate surface area is 109 Å². The first-order valence-corrected chi connectivity index (χ1v) is 6.36. The Bertz CT molecular complexity index is 442. The minimum absolute atomic E-state index is 0.760. The Balaban J connectivity index is 3.26. The van der Waals surface area contributed by atoms with Crippen LogP contribution in [0.25, 0.3) is 0 Å². The van der Waals surface area contributed by atoms with Crippen LogP contribution in [0.5, 0.6) is 0 Å². The first-order chi connectivity index (χ1) is 8.33. The van der Waals surface area contributed by atoms with E-state index in [4.69, 9.17) is 0 Å². The average molecular weight is 249 g/mol. The molecule has 1 rings (SSSR count). The number of benzene rings is 1. The van der Waals surface area contributed by atoms with E-state index >= 15 is 0 Å². The zero-order valence-corrected chi connectivity index (χ0v) is 11.9. The van der Waals surface area contributed by atoms with Crippen LogP contribution in [0.2, 0.25) is 0 Å². The predicted molar refractivity (Wildman–Crippen MR) is 73.8 cm³/mol. The second-order valence-corrected chi connectivity index (χ2v) is 5.10. The van der Waals surface area contributed by atoms with Crippen LogP contribution in [0.15, 0.2) is 18.2 Å². The van der Waals surface area contributed by atoms with Gasteiger partial charge in [-0.2, -0.15) is 0 Å². The van der Waals surface area contributed by atoms with E-state index < -0.39 is 11.5 Å². The molecule has 1 N–H and O–H groups in total. The van der Waals surface area contributed by atoms with E-state index in [-0.39, 0.29) is 0 Å². The van der Waals surface area contributed by atoms with Gasteiger partial charge in [-0.3, -0.25) is 4.90 Å². The minimum atomic E-state index is -0.964. The number of hydrogen-bond donors (Lipinski definition) is 1. The summed E-state index contributed by atoms with van der Waals surface area (Å²) in [6.45, 7) is 8.64. The van der Waals surface area contributed by atoms with Gasteiger partial charge in [-0.15, -0.1) is 0 Å². The predicted octanol–water partition coefficient (Wildman–Crippen LogP) is 2.95. The van der Waals surface area contributed by atoms with Gasteiger partial charge in [-0.1, -0.05) is 25.1 Å². The zero-order chi connectivity index (χ0) is 13.9. The van der Waals surface area contributed by atoms with Crippen LogP contribution in [-0.4, -0.2) is 29.6 Å². The summed E-state index contributed by atoms with van der Waals surface area (Å²) in [6, 6.07) is 5.89. The molecule has 0 aromatic heterocycles. The van der Waals surface area contributed by atoms with Crippen LogP contribution in [0.1, 0.15) is 37.0 Å². The summed E-state index contributed by atoms with van der Waals surface area (Å²) in [5.74, 6) is -0.804. The monoisotopic (exact) mass is 249 g/mol. The molecule has 1 unspecified atom stereocenters. The van der Waals surface area contributed by atoms with Gasteiger partial charge in [-0.25, -0.2) is 4.79 Å². The summed E-state index contributed by atoms with van der Waals surface area (Å²) in [6.07, 6.45) is 0.935.